The fraction of sp³-hybridized carbons (Fsp3) is 0.207. The van der Waals surface area contributed by atoms with Crippen LogP contribution in [0.5, 0.6) is 5.75 Å². The largest absolute Gasteiger partial charge is 0.490 e. The van der Waals surface area contributed by atoms with Gasteiger partial charge in [-0.2, -0.15) is 0 Å². The summed E-state index contributed by atoms with van der Waals surface area (Å²) in [5.74, 6) is -0.541. The zero-order chi connectivity index (χ0) is 26.3. The van der Waals surface area contributed by atoms with Crippen LogP contribution in [0.2, 0.25) is 0 Å². The van der Waals surface area contributed by atoms with Gasteiger partial charge in [0.25, 0.3) is 5.91 Å². The molecule has 38 heavy (non-hydrogen) atoms. The second kappa shape index (κ2) is 9.47. The first-order valence-electron chi connectivity index (χ1n) is 12.3. The number of thiocarbonyl (C=S) groups is 1. The minimum absolute atomic E-state index is 0.132. The first kappa shape index (κ1) is 23.9. The van der Waals surface area contributed by atoms with Crippen LogP contribution in [0.3, 0.4) is 0 Å². The van der Waals surface area contributed by atoms with Gasteiger partial charge in [-0.25, -0.2) is 9.24 Å². The van der Waals surface area contributed by atoms with Crippen LogP contribution >= 0.6 is 12.2 Å². The summed E-state index contributed by atoms with van der Waals surface area (Å²) >= 11 is 5.87. The first-order chi connectivity index (χ1) is 18.5. The lowest BCUT2D eigenvalue weighted by molar-refractivity contribution is -0.123. The third-order valence-electron chi connectivity index (χ3n) is 7.19. The lowest BCUT2D eigenvalue weighted by atomic mass is 9.75. The number of anilines is 2. The molecule has 1 saturated heterocycles. The van der Waals surface area contributed by atoms with Crippen LogP contribution in [0.25, 0.3) is 15.7 Å². The van der Waals surface area contributed by atoms with Crippen molar-refractivity contribution >= 4 is 51.2 Å². The molecule has 1 aliphatic carbocycles. The summed E-state index contributed by atoms with van der Waals surface area (Å²) in [6.07, 6.45) is 5.98. The number of nitrogens with zero attached hydrogens (tertiary/aromatic N) is 5. The fourth-order valence-electron chi connectivity index (χ4n) is 5.18. The predicted molar refractivity (Wildman–Crippen MR) is 147 cm³/mol. The van der Waals surface area contributed by atoms with Crippen LogP contribution in [0.4, 0.5) is 21.5 Å². The standard InChI is InChI=1S/C29H22FN5O2S/c1-31-23-9-10-24(21-7-4-16-33-26(21)23)34-27(36)29(13-5-14-29)35(28(34)38)20-8-11-25(22(30)18-20)37-17-12-19-6-2-3-15-32-19/h2-4,6-11,15-16,18H,5,12-14,17H2. The van der Waals surface area contributed by atoms with Gasteiger partial charge in [-0.3, -0.25) is 19.7 Å². The van der Waals surface area contributed by atoms with Crippen LogP contribution in [0.1, 0.15) is 25.0 Å². The Bertz CT molecular complexity index is 1620. The van der Waals surface area contributed by atoms with Gasteiger partial charge in [-0.05, 0) is 67.9 Å². The molecule has 1 spiro atoms. The van der Waals surface area contributed by atoms with Gasteiger partial charge >= 0.3 is 0 Å². The molecule has 4 aromatic rings. The Morgan fingerprint density at radius 1 is 1.08 bits per heavy atom. The maximum atomic E-state index is 15.2. The van der Waals surface area contributed by atoms with Crippen molar-refractivity contribution in [2.45, 2.75) is 31.2 Å². The predicted octanol–water partition coefficient (Wildman–Crippen LogP) is 6.00. The van der Waals surface area contributed by atoms with Crippen LogP contribution in [-0.4, -0.2) is 33.1 Å². The number of fused-ring (bicyclic) bond motifs is 1. The summed E-state index contributed by atoms with van der Waals surface area (Å²) in [5, 5.41) is 0.939. The molecule has 1 aliphatic heterocycles. The van der Waals surface area contributed by atoms with Crippen molar-refractivity contribution in [2.75, 3.05) is 16.4 Å². The van der Waals surface area contributed by atoms with Crippen LogP contribution in [-0.2, 0) is 11.2 Å². The molecule has 1 saturated carbocycles. The van der Waals surface area contributed by atoms with E-state index in [1.807, 2.05) is 24.3 Å². The molecular formula is C29H22FN5O2S. The third-order valence-corrected chi connectivity index (χ3v) is 7.56. The number of ether oxygens (including phenoxy) is 1. The van der Waals surface area contributed by atoms with Gasteiger partial charge in [0, 0.05) is 41.6 Å². The molecule has 2 fully saturated rings. The number of hydrogen-bond acceptors (Lipinski definition) is 5. The van der Waals surface area contributed by atoms with Gasteiger partial charge in [-0.1, -0.05) is 18.2 Å². The van der Waals surface area contributed by atoms with Gasteiger partial charge in [0.1, 0.15) is 5.54 Å². The van der Waals surface area contributed by atoms with Crippen LogP contribution < -0.4 is 14.5 Å². The van der Waals surface area contributed by atoms with Crippen molar-refractivity contribution < 1.29 is 13.9 Å². The summed E-state index contributed by atoms with van der Waals surface area (Å²) in [6.45, 7) is 7.76. The number of pyridine rings is 2. The van der Waals surface area contributed by atoms with Gasteiger partial charge in [0.05, 0.1) is 24.4 Å². The molecule has 9 heteroatoms. The lowest BCUT2D eigenvalue weighted by Gasteiger charge is -2.43. The minimum Gasteiger partial charge on any atom is -0.490 e. The smallest absolute Gasteiger partial charge is 0.259 e. The van der Waals surface area contributed by atoms with E-state index < -0.39 is 11.4 Å². The van der Waals surface area contributed by atoms with Gasteiger partial charge in [0.15, 0.2) is 16.7 Å². The van der Waals surface area contributed by atoms with Crippen molar-refractivity contribution in [3.05, 3.63) is 96.0 Å². The molecule has 0 unspecified atom stereocenters. The Hall–Kier alpha value is -4.42. The molecule has 6 rings (SSSR count). The number of halogens is 1. The molecule has 0 atom stereocenters. The second-order valence-corrected chi connectivity index (χ2v) is 9.66. The third kappa shape index (κ3) is 3.76. The molecule has 7 nitrogen and oxygen atoms in total. The number of aromatic nitrogens is 2. The van der Waals surface area contributed by atoms with E-state index in [4.69, 9.17) is 23.5 Å². The fourth-order valence-corrected chi connectivity index (χ4v) is 5.64. The second-order valence-electron chi connectivity index (χ2n) is 9.29. The van der Waals surface area contributed by atoms with Crippen LogP contribution in [0, 0.1) is 12.4 Å². The Balaban J connectivity index is 1.32. The first-order valence-corrected chi connectivity index (χ1v) is 12.7. The summed E-state index contributed by atoms with van der Waals surface area (Å²) < 4.78 is 20.9. The molecule has 188 valence electrons. The van der Waals surface area contributed by atoms with Crippen molar-refractivity contribution in [3.63, 3.8) is 0 Å². The quantitative estimate of drug-likeness (QED) is 0.228. The molecule has 0 bridgehead atoms. The SMILES string of the molecule is [C-]#[N+]c1ccc(N2C(=O)C3(CCC3)N(c3ccc(OCCc4ccccn4)c(F)c3)C2=S)c2cccnc12. The highest BCUT2D eigenvalue weighted by molar-refractivity contribution is 7.81. The topological polar surface area (TPSA) is 62.9 Å². The Kier molecular flexibility index (Phi) is 5.97. The van der Waals surface area contributed by atoms with Gasteiger partial charge in [-0.15, -0.1) is 0 Å². The van der Waals surface area contributed by atoms with E-state index in [2.05, 4.69) is 14.8 Å². The van der Waals surface area contributed by atoms with E-state index in [9.17, 15) is 4.79 Å². The average Bonchev–Trinajstić information content (AvgIpc) is 3.16. The van der Waals surface area contributed by atoms with Gasteiger partial charge < -0.3 is 9.64 Å². The maximum Gasteiger partial charge on any atom is 0.259 e. The van der Waals surface area contributed by atoms with Crippen molar-refractivity contribution in [2.24, 2.45) is 0 Å². The highest BCUT2D eigenvalue weighted by Gasteiger charge is 2.59. The zero-order valence-corrected chi connectivity index (χ0v) is 21.1. The van der Waals surface area contributed by atoms with E-state index >= 15 is 4.39 Å². The number of carbonyl (C=O) groups is 1. The average molecular weight is 524 g/mol. The molecule has 2 aliphatic rings. The number of amides is 1. The van der Waals surface area contributed by atoms with Crippen molar-refractivity contribution in [1.82, 2.24) is 9.97 Å². The monoisotopic (exact) mass is 523 g/mol. The summed E-state index contributed by atoms with van der Waals surface area (Å²) in [4.78, 5) is 29.4. The van der Waals surface area contributed by atoms with Crippen molar-refractivity contribution in [1.29, 1.82) is 0 Å². The van der Waals surface area contributed by atoms with Crippen LogP contribution in [0.15, 0.2) is 73.1 Å². The number of rotatable bonds is 6. The van der Waals surface area contributed by atoms with E-state index in [0.717, 1.165) is 12.1 Å². The number of carbonyl (C=O) groups excluding carboxylic acids is 1. The highest BCUT2D eigenvalue weighted by atomic mass is 32.1. The summed E-state index contributed by atoms with van der Waals surface area (Å²) in [5.41, 5.74) is 1.98. The minimum atomic E-state index is -0.863. The van der Waals surface area contributed by atoms with E-state index in [1.165, 1.54) is 11.0 Å². The Labute approximate surface area is 224 Å². The molecule has 0 radical (unpaired) electrons. The van der Waals surface area contributed by atoms with E-state index in [-0.39, 0.29) is 23.4 Å². The van der Waals surface area contributed by atoms with Gasteiger partial charge in [0.2, 0.25) is 5.69 Å². The molecule has 2 aromatic carbocycles. The van der Waals surface area contributed by atoms with E-state index in [1.54, 1.807) is 47.6 Å². The Morgan fingerprint density at radius 2 is 1.92 bits per heavy atom. The van der Waals surface area contributed by atoms with Crippen molar-refractivity contribution in [3.8, 4) is 5.75 Å². The number of benzene rings is 2. The Morgan fingerprint density at radius 3 is 2.63 bits per heavy atom. The lowest BCUT2D eigenvalue weighted by Crippen LogP contribution is -2.55. The molecular weight excluding hydrogens is 501 g/mol. The summed E-state index contributed by atoms with van der Waals surface area (Å²) in [7, 11) is 0. The summed E-state index contributed by atoms with van der Waals surface area (Å²) in [6, 6.07) is 17.3. The number of hydrogen-bond donors (Lipinski definition) is 0. The molecule has 3 heterocycles. The van der Waals surface area contributed by atoms with E-state index in [0.29, 0.717) is 47.2 Å². The maximum absolute atomic E-state index is 15.2. The zero-order valence-electron chi connectivity index (χ0n) is 20.3. The molecule has 0 N–H and O–H groups in total. The molecule has 1 amide bonds. The normalized spacial score (nSPS) is 16.1. The molecule has 2 aromatic heterocycles. The highest BCUT2D eigenvalue weighted by Crippen LogP contribution is 2.49.